The summed E-state index contributed by atoms with van der Waals surface area (Å²) in [5.41, 5.74) is 5.13. The van der Waals surface area contributed by atoms with Gasteiger partial charge < -0.3 is 15.6 Å². The molecule has 1 unspecified atom stereocenters. The van der Waals surface area contributed by atoms with Crippen LogP contribution in [0.2, 0.25) is 0 Å². The van der Waals surface area contributed by atoms with E-state index in [0.29, 0.717) is 0 Å². The summed E-state index contributed by atoms with van der Waals surface area (Å²) in [5, 5.41) is 8.55. The van der Waals surface area contributed by atoms with Gasteiger partial charge in [0.2, 0.25) is 0 Å². The fourth-order valence-corrected chi connectivity index (χ4v) is 0.752. The predicted octanol–water partition coefficient (Wildman–Crippen LogP) is -0.401. The molecular weight excluding hydrogens is 162 g/mol. The fraction of sp³-hybridized carbons (Fsp3) is 0.714. The number of carbonyl (C=O) groups is 2. The summed E-state index contributed by atoms with van der Waals surface area (Å²) >= 11 is 0. The van der Waals surface area contributed by atoms with E-state index in [4.69, 9.17) is 10.8 Å². The molecule has 0 aromatic heterocycles. The Morgan fingerprint density at radius 3 is 2.50 bits per heavy atom. The van der Waals surface area contributed by atoms with E-state index in [2.05, 4.69) is 4.74 Å². The number of rotatable bonds is 5. The van der Waals surface area contributed by atoms with Crippen molar-refractivity contribution in [2.24, 2.45) is 11.7 Å². The van der Waals surface area contributed by atoms with E-state index in [1.807, 2.05) is 0 Å². The third-order valence-electron chi connectivity index (χ3n) is 1.32. The molecule has 0 saturated heterocycles. The molecule has 0 bridgehead atoms. The van der Waals surface area contributed by atoms with Crippen LogP contribution in [-0.2, 0) is 14.3 Å². The minimum atomic E-state index is -1.18. The highest BCUT2D eigenvalue weighted by molar-refractivity contribution is 5.93. The van der Waals surface area contributed by atoms with Crippen molar-refractivity contribution < 1.29 is 19.4 Å². The van der Waals surface area contributed by atoms with Crippen molar-refractivity contribution in [1.82, 2.24) is 0 Å². The minimum Gasteiger partial charge on any atom is -0.481 e. The van der Waals surface area contributed by atoms with Crippen molar-refractivity contribution in [1.29, 1.82) is 0 Å². The molecule has 0 aliphatic rings. The summed E-state index contributed by atoms with van der Waals surface area (Å²) in [6.07, 6.45) is 0.119. The lowest BCUT2D eigenvalue weighted by Gasteiger charge is -2.08. The van der Waals surface area contributed by atoms with E-state index in [0.717, 1.165) is 0 Å². The highest BCUT2D eigenvalue weighted by Crippen LogP contribution is 2.04. The van der Waals surface area contributed by atoms with Crippen LogP contribution in [0, 0.1) is 5.92 Å². The normalized spacial score (nSPS) is 12.2. The third-order valence-corrected chi connectivity index (χ3v) is 1.32. The predicted molar refractivity (Wildman–Crippen MR) is 41.4 cm³/mol. The molecule has 12 heavy (non-hydrogen) atoms. The maximum absolute atomic E-state index is 10.9. The molecule has 0 rings (SSSR count). The first kappa shape index (κ1) is 10.9. The van der Waals surface area contributed by atoms with Gasteiger partial charge in [-0.1, -0.05) is 0 Å². The third kappa shape index (κ3) is 3.34. The van der Waals surface area contributed by atoms with Gasteiger partial charge >= 0.3 is 11.9 Å². The maximum Gasteiger partial charge on any atom is 0.320 e. The Labute approximate surface area is 70.5 Å². The number of hydrogen-bond acceptors (Lipinski definition) is 4. The monoisotopic (exact) mass is 175 g/mol. The van der Waals surface area contributed by atoms with Gasteiger partial charge in [0, 0.05) is 0 Å². The molecule has 0 fully saturated rings. The van der Waals surface area contributed by atoms with Crippen LogP contribution in [0.25, 0.3) is 0 Å². The summed E-state index contributed by atoms with van der Waals surface area (Å²) in [4.78, 5) is 21.4. The molecule has 0 aliphatic carbocycles. The Bertz CT molecular complexity index is 169. The lowest BCUT2D eigenvalue weighted by Crippen LogP contribution is -2.28. The average molecular weight is 175 g/mol. The van der Waals surface area contributed by atoms with Gasteiger partial charge in [0.25, 0.3) is 0 Å². The van der Waals surface area contributed by atoms with Crippen molar-refractivity contribution in [2.75, 3.05) is 13.2 Å². The van der Waals surface area contributed by atoms with Crippen molar-refractivity contribution in [3.05, 3.63) is 0 Å². The molecule has 1 atom stereocenters. The molecule has 0 heterocycles. The molecule has 0 radical (unpaired) electrons. The smallest absolute Gasteiger partial charge is 0.320 e. The fourth-order valence-electron chi connectivity index (χ4n) is 0.752. The van der Waals surface area contributed by atoms with E-state index in [1.54, 1.807) is 6.92 Å². The topological polar surface area (TPSA) is 89.6 Å². The first-order valence-corrected chi connectivity index (χ1v) is 3.73. The Kier molecular flexibility index (Phi) is 5.03. The van der Waals surface area contributed by atoms with E-state index in [1.165, 1.54) is 0 Å². The van der Waals surface area contributed by atoms with E-state index >= 15 is 0 Å². The first-order chi connectivity index (χ1) is 5.63. The minimum absolute atomic E-state index is 0.119. The first-order valence-electron chi connectivity index (χ1n) is 3.73. The standard InChI is InChI=1S/C7H13NO4/c1-2-12-7(11)5(3-4-8)6(9)10/h5H,2-4,8H2,1H3,(H,9,10). The van der Waals surface area contributed by atoms with Crippen LogP contribution in [0.1, 0.15) is 13.3 Å². The Hall–Kier alpha value is -1.10. The second kappa shape index (κ2) is 5.54. The number of carboxylic acid groups (broad SMARTS) is 1. The van der Waals surface area contributed by atoms with Crippen LogP contribution in [0.4, 0.5) is 0 Å². The van der Waals surface area contributed by atoms with Crippen LogP contribution >= 0.6 is 0 Å². The van der Waals surface area contributed by atoms with E-state index in [-0.39, 0.29) is 19.6 Å². The van der Waals surface area contributed by atoms with Crippen LogP contribution in [-0.4, -0.2) is 30.2 Å². The zero-order valence-electron chi connectivity index (χ0n) is 6.95. The van der Waals surface area contributed by atoms with Gasteiger partial charge in [0.05, 0.1) is 6.61 Å². The van der Waals surface area contributed by atoms with Gasteiger partial charge in [0.1, 0.15) is 0 Å². The van der Waals surface area contributed by atoms with Gasteiger partial charge in [-0.15, -0.1) is 0 Å². The highest BCUT2D eigenvalue weighted by atomic mass is 16.5. The number of aliphatic carboxylic acids is 1. The Morgan fingerprint density at radius 1 is 1.58 bits per heavy atom. The molecule has 70 valence electrons. The number of nitrogens with two attached hydrogens (primary N) is 1. The number of carbonyl (C=O) groups excluding carboxylic acids is 1. The van der Waals surface area contributed by atoms with Crippen molar-refractivity contribution in [2.45, 2.75) is 13.3 Å². The molecular formula is C7H13NO4. The van der Waals surface area contributed by atoms with Crippen LogP contribution in [0.5, 0.6) is 0 Å². The van der Waals surface area contributed by atoms with Crippen molar-refractivity contribution >= 4 is 11.9 Å². The molecule has 0 saturated carbocycles. The van der Waals surface area contributed by atoms with E-state index in [9.17, 15) is 9.59 Å². The Morgan fingerprint density at radius 2 is 2.17 bits per heavy atom. The molecule has 0 aromatic rings. The van der Waals surface area contributed by atoms with Crippen molar-refractivity contribution in [3.63, 3.8) is 0 Å². The number of carboxylic acids is 1. The second-order valence-corrected chi connectivity index (χ2v) is 2.22. The number of ether oxygens (including phenoxy) is 1. The number of hydrogen-bond donors (Lipinski definition) is 2. The quantitative estimate of drug-likeness (QED) is 0.438. The van der Waals surface area contributed by atoms with Gasteiger partial charge in [0.15, 0.2) is 5.92 Å². The Balaban J connectivity index is 4.09. The van der Waals surface area contributed by atoms with Gasteiger partial charge in [-0.05, 0) is 19.9 Å². The molecule has 5 heteroatoms. The highest BCUT2D eigenvalue weighted by Gasteiger charge is 2.26. The molecule has 0 amide bonds. The lowest BCUT2D eigenvalue weighted by molar-refractivity contribution is -0.158. The molecule has 3 N–H and O–H groups in total. The summed E-state index contributed by atoms with van der Waals surface area (Å²) in [5.74, 6) is -3.01. The summed E-state index contributed by atoms with van der Waals surface area (Å²) in [7, 11) is 0. The lowest BCUT2D eigenvalue weighted by atomic mass is 10.1. The van der Waals surface area contributed by atoms with Gasteiger partial charge in [-0.3, -0.25) is 9.59 Å². The maximum atomic E-state index is 10.9. The van der Waals surface area contributed by atoms with Crippen LogP contribution in [0.15, 0.2) is 0 Å². The molecule has 5 nitrogen and oxygen atoms in total. The van der Waals surface area contributed by atoms with Gasteiger partial charge in [-0.2, -0.15) is 0 Å². The van der Waals surface area contributed by atoms with E-state index < -0.39 is 17.9 Å². The molecule has 0 aromatic carbocycles. The average Bonchev–Trinajstić information content (AvgIpc) is 1.99. The molecule has 0 spiro atoms. The zero-order valence-corrected chi connectivity index (χ0v) is 6.95. The summed E-state index contributed by atoms with van der Waals surface area (Å²) in [6, 6.07) is 0. The summed E-state index contributed by atoms with van der Waals surface area (Å²) < 4.78 is 4.54. The zero-order chi connectivity index (χ0) is 9.56. The molecule has 0 aliphatic heterocycles. The summed E-state index contributed by atoms with van der Waals surface area (Å²) in [6.45, 7) is 1.97. The van der Waals surface area contributed by atoms with Crippen molar-refractivity contribution in [3.8, 4) is 0 Å². The largest absolute Gasteiger partial charge is 0.481 e. The van der Waals surface area contributed by atoms with Crippen LogP contribution < -0.4 is 5.73 Å². The second-order valence-electron chi connectivity index (χ2n) is 2.22. The number of esters is 1. The van der Waals surface area contributed by atoms with Crippen LogP contribution in [0.3, 0.4) is 0 Å². The SMILES string of the molecule is CCOC(=O)C(CCN)C(=O)O. The van der Waals surface area contributed by atoms with Gasteiger partial charge in [-0.25, -0.2) is 0 Å².